The monoisotopic (exact) mass is 449 g/mol. The molecule has 1 saturated heterocycles. The first-order chi connectivity index (χ1) is 16.1. The van der Waals surface area contributed by atoms with E-state index in [9.17, 15) is 20.1 Å². The molecule has 4 atom stereocenters. The number of benzene rings is 3. The van der Waals surface area contributed by atoms with Gasteiger partial charge in [-0.3, -0.25) is 4.90 Å². The average molecular weight is 450 g/mol. The van der Waals surface area contributed by atoms with Crippen LogP contribution >= 0.6 is 0 Å². The van der Waals surface area contributed by atoms with E-state index in [0.717, 1.165) is 11.1 Å². The number of amides is 1. The zero-order valence-electron chi connectivity index (χ0n) is 18.0. The first-order valence-corrected chi connectivity index (χ1v) is 10.8. The van der Waals surface area contributed by atoms with Gasteiger partial charge in [-0.05, 0) is 28.8 Å². The molecule has 0 aliphatic carbocycles. The molecule has 1 amide bonds. The van der Waals surface area contributed by atoms with Crippen molar-refractivity contribution in [2.24, 2.45) is 0 Å². The third-order valence-electron chi connectivity index (χ3n) is 5.80. The number of hydrogen-bond donors (Lipinski definition) is 3. The highest BCUT2D eigenvalue weighted by molar-refractivity contribution is 5.70. The Kier molecular flexibility index (Phi) is 7.24. The van der Waals surface area contributed by atoms with Crippen LogP contribution in [0.1, 0.15) is 22.7 Å². The predicted molar refractivity (Wildman–Crippen MR) is 121 cm³/mol. The van der Waals surface area contributed by atoms with Crippen molar-refractivity contribution in [2.75, 3.05) is 6.61 Å². The number of hydrogen-bond acceptors (Lipinski definition) is 6. The van der Waals surface area contributed by atoms with Gasteiger partial charge in [0.15, 0.2) is 0 Å². The summed E-state index contributed by atoms with van der Waals surface area (Å²) >= 11 is 0. The van der Waals surface area contributed by atoms with E-state index in [-0.39, 0.29) is 6.61 Å². The van der Waals surface area contributed by atoms with Gasteiger partial charge in [0.25, 0.3) is 0 Å². The van der Waals surface area contributed by atoms with Crippen molar-refractivity contribution in [3.63, 3.8) is 0 Å². The topological polar surface area (TPSA) is 99.5 Å². The molecule has 3 N–H and O–H groups in total. The maximum Gasteiger partial charge on any atom is 0.411 e. The van der Waals surface area contributed by atoms with E-state index in [0.29, 0.717) is 17.9 Å². The fourth-order valence-corrected chi connectivity index (χ4v) is 4.05. The molecule has 0 radical (unpaired) electrons. The van der Waals surface area contributed by atoms with Crippen molar-refractivity contribution in [2.45, 2.75) is 37.5 Å². The standard InChI is InChI=1S/C26H27NO6/c28-15-22-24(29)25(30)23(27(22)26(31)33-17-19-9-5-2-6-10-19)20-11-13-21(14-12-20)32-16-18-7-3-1-4-8-18/h1-14,22-25,28-30H,15-17H2/t22-,23-,24-,25-/m1/s1. The van der Waals surface area contributed by atoms with E-state index in [2.05, 4.69) is 0 Å². The van der Waals surface area contributed by atoms with Gasteiger partial charge in [-0.25, -0.2) is 4.79 Å². The van der Waals surface area contributed by atoms with Gasteiger partial charge in [0.05, 0.1) is 18.7 Å². The fourth-order valence-electron chi connectivity index (χ4n) is 4.05. The second kappa shape index (κ2) is 10.5. The molecule has 1 fully saturated rings. The van der Waals surface area contributed by atoms with E-state index >= 15 is 0 Å². The highest BCUT2D eigenvalue weighted by atomic mass is 16.6. The normalized spacial score (nSPS) is 22.2. The number of nitrogens with zero attached hydrogens (tertiary/aromatic N) is 1. The Morgan fingerprint density at radius 1 is 0.788 bits per heavy atom. The summed E-state index contributed by atoms with van der Waals surface area (Å²) in [7, 11) is 0. The van der Waals surface area contributed by atoms with E-state index in [1.807, 2.05) is 60.7 Å². The molecule has 172 valence electrons. The predicted octanol–water partition coefficient (Wildman–Crippen LogP) is 3.04. The van der Waals surface area contributed by atoms with Crippen molar-refractivity contribution < 1.29 is 29.6 Å². The van der Waals surface area contributed by atoms with E-state index in [1.165, 1.54) is 4.90 Å². The van der Waals surface area contributed by atoms with Crippen LogP contribution < -0.4 is 4.74 Å². The van der Waals surface area contributed by atoms with Crippen LogP contribution in [0.25, 0.3) is 0 Å². The molecule has 0 aromatic heterocycles. The minimum Gasteiger partial charge on any atom is -0.489 e. The van der Waals surface area contributed by atoms with Crippen LogP contribution in [0.2, 0.25) is 0 Å². The molecule has 1 aliphatic heterocycles. The average Bonchev–Trinajstić information content (AvgIpc) is 3.12. The van der Waals surface area contributed by atoms with Crippen LogP contribution in [0.5, 0.6) is 5.75 Å². The summed E-state index contributed by atoms with van der Waals surface area (Å²) < 4.78 is 11.2. The molecule has 0 spiro atoms. The van der Waals surface area contributed by atoms with Crippen LogP contribution in [0.4, 0.5) is 4.79 Å². The maximum atomic E-state index is 12.9. The minimum absolute atomic E-state index is 0.0412. The van der Waals surface area contributed by atoms with Gasteiger partial charge < -0.3 is 24.8 Å². The number of ether oxygens (including phenoxy) is 2. The Morgan fingerprint density at radius 2 is 1.36 bits per heavy atom. The molecule has 0 bridgehead atoms. The second-order valence-corrected chi connectivity index (χ2v) is 7.97. The first kappa shape index (κ1) is 22.8. The van der Waals surface area contributed by atoms with Crippen molar-refractivity contribution in [1.29, 1.82) is 0 Å². The molecule has 7 heteroatoms. The molecule has 0 unspecified atom stereocenters. The molecule has 0 saturated carbocycles. The lowest BCUT2D eigenvalue weighted by Gasteiger charge is -2.29. The van der Waals surface area contributed by atoms with Gasteiger partial charge in [-0.15, -0.1) is 0 Å². The largest absolute Gasteiger partial charge is 0.489 e. The summed E-state index contributed by atoms with van der Waals surface area (Å²) in [6.07, 6.45) is -3.30. The smallest absolute Gasteiger partial charge is 0.411 e. The van der Waals surface area contributed by atoms with Crippen molar-refractivity contribution >= 4 is 6.09 Å². The van der Waals surface area contributed by atoms with E-state index in [1.54, 1.807) is 24.3 Å². The molecule has 1 aliphatic rings. The fraction of sp³-hybridized carbons (Fsp3) is 0.269. The zero-order valence-corrected chi connectivity index (χ0v) is 18.0. The van der Waals surface area contributed by atoms with Gasteiger partial charge in [0.2, 0.25) is 0 Å². The quantitative estimate of drug-likeness (QED) is 0.513. The third kappa shape index (κ3) is 5.17. The van der Waals surface area contributed by atoms with Crippen LogP contribution in [0.15, 0.2) is 84.9 Å². The van der Waals surface area contributed by atoms with Crippen molar-refractivity contribution in [1.82, 2.24) is 4.90 Å². The Balaban J connectivity index is 1.49. The highest BCUT2D eigenvalue weighted by Crippen LogP contribution is 2.38. The molecule has 3 aromatic carbocycles. The Labute approximate surface area is 192 Å². The summed E-state index contributed by atoms with van der Waals surface area (Å²) in [6, 6.07) is 24.1. The molecule has 33 heavy (non-hydrogen) atoms. The number of rotatable bonds is 7. The van der Waals surface area contributed by atoms with Crippen LogP contribution in [-0.2, 0) is 18.0 Å². The SMILES string of the molecule is O=C(OCc1ccccc1)N1[C@H](CO)[C@@H](O)[C@H](O)[C@H]1c1ccc(OCc2ccccc2)cc1. The molecule has 4 rings (SSSR count). The third-order valence-corrected chi connectivity index (χ3v) is 5.80. The number of likely N-dealkylation sites (tertiary alicyclic amines) is 1. The molecule has 7 nitrogen and oxygen atoms in total. The van der Waals surface area contributed by atoms with Crippen LogP contribution in [0.3, 0.4) is 0 Å². The molecule has 1 heterocycles. The van der Waals surface area contributed by atoms with Gasteiger partial charge in [0, 0.05) is 0 Å². The minimum atomic E-state index is -1.31. The van der Waals surface area contributed by atoms with Gasteiger partial charge in [-0.2, -0.15) is 0 Å². The second-order valence-electron chi connectivity index (χ2n) is 7.97. The molecule has 3 aromatic rings. The van der Waals surface area contributed by atoms with Gasteiger partial charge >= 0.3 is 6.09 Å². The highest BCUT2D eigenvalue weighted by Gasteiger charge is 2.51. The van der Waals surface area contributed by atoms with Gasteiger partial charge in [-0.1, -0.05) is 72.8 Å². The summed E-state index contributed by atoms with van der Waals surface area (Å²) in [5.74, 6) is 0.632. The van der Waals surface area contributed by atoms with E-state index < -0.39 is 37.0 Å². The first-order valence-electron chi connectivity index (χ1n) is 10.8. The van der Waals surface area contributed by atoms with E-state index in [4.69, 9.17) is 9.47 Å². The molecular weight excluding hydrogens is 422 g/mol. The van der Waals surface area contributed by atoms with Crippen LogP contribution in [0, 0.1) is 0 Å². The summed E-state index contributed by atoms with van der Waals surface area (Å²) in [5.41, 5.74) is 2.44. The number of aliphatic hydroxyl groups is 3. The Bertz CT molecular complexity index is 1030. The summed E-state index contributed by atoms with van der Waals surface area (Å²) in [5, 5.41) is 31.0. The van der Waals surface area contributed by atoms with Crippen molar-refractivity contribution in [3.05, 3.63) is 102 Å². The number of aliphatic hydroxyl groups excluding tert-OH is 3. The van der Waals surface area contributed by atoms with Crippen LogP contribution in [-0.4, -0.2) is 51.2 Å². The Morgan fingerprint density at radius 3 is 1.94 bits per heavy atom. The maximum absolute atomic E-state index is 12.9. The lowest BCUT2D eigenvalue weighted by atomic mass is 10.0. The number of carbonyl (C=O) groups excluding carboxylic acids is 1. The lowest BCUT2D eigenvalue weighted by molar-refractivity contribution is 0.0171. The summed E-state index contributed by atoms with van der Waals surface area (Å²) in [6.45, 7) is -0.0532. The number of carbonyl (C=O) groups is 1. The molecular formula is C26H27NO6. The zero-order chi connectivity index (χ0) is 23.2. The van der Waals surface area contributed by atoms with Crippen molar-refractivity contribution in [3.8, 4) is 5.75 Å². The van der Waals surface area contributed by atoms with Gasteiger partial charge in [0.1, 0.15) is 31.2 Å². The summed E-state index contributed by atoms with van der Waals surface area (Å²) in [4.78, 5) is 14.2. The lowest BCUT2D eigenvalue weighted by Crippen LogP contribution is -2.43. The Hall–Kier alpha value is -3.39.